The number of rotatable bonds is 2. The molecule has 0 atom stereocenters. The summed E-state index contributed by atoms with van der Waals surface area (Å²) in [5.74, 6) is 0. The number of benzene rings is 1. The third-order valence-corrected chi connectivity index (χ3v) is 2.80. The minimum atomic E-state index is 0.939. The van der Waals surface area contributed by atoms with E-state index in [0.29, 0.717) is 0 Å². The zero-order valence-corrected chi connectivity index (χ0v) is 9.57. The first-order valence-corrected chi connectivity index (χ1v) is 5.72. The zero-order valence-electron chi connectivity index (χ0n) is 6.40. The molecule has 0 aliphatic carbocycles. The number of hydrogen-bond acceptors (Lipinski definition) is 0. The van der Waals surface area contributed by atoms with Crippen molar-refractivity contribution in [2.24, 2.45) is 0 Å². The summed E-state index contributed by atoms with van der Waals surface area (Å²) in [4.78, 5) is 0. The van der Waals surface area contributed by atoms with Crippen molar-refractivity contribution in [2.75, 3.05) is 0 Å². The second-order valence-electron chi connectivity index (χ2n) is 2.59. The minimum absolute atomic E-state index is 0.939. The van der Waals surface area contributed by atoms with Crippen LogP contribution in [0.2, 0.25) is 0 Å². The van der Waals surface area contributed by atoms with Gasteiger partial charge in [-0.2, -0.15) is 0 Å². The van der Waals surface area contributed by atoms with Crippen LogP contribution in [-0.4, -0.2) is 7.85 Å². The van der Waals surface area contributed by atoms with Crippen molar-refractivity contribution in [3.63, 3.8) is 0 Å². The molecule has 0 aromatic heterocycles. The summed E-state index contributed by atoms with van der Waals surface area (Å²) in [6, 6.07) is 6.60. The Hall–Kier alpha value is 0.245. The molecule has 0 nitrogen and oxygen atoms in total. The Morgan fingerprint density at radius 3 is 1.82 bits per heavy atom. The largest absolute Gasteiger partial charge is 0.139 e. The Labute approximate surface area is 85.0 Å². The van der Waals surface area contributed by atoms with E-state index in [1.54, 1.807) is 0 Å². The Bertz CT molecular complexity index is 226. The second-order valence-corrected chi connectivity index (χ2v) is 3.72. The van der Waals surface area contributed by atoms with Gasteiger partial charge in [-0.25, -0.2) is 0 Å². The summed E-state index contributed by atoms with van der Waals surface area (Å²) in [6.07, 6.45) is 0. The van der Waals surface area contributed by atoms with E-state index in [1.807, 2.05) is 0 Å². The normalized spacial score (nSPS) is 10.0. The molecule has 11 heavy (non-hydrogen) atoms. The van der Waals surface area contributed by atoms with Crippen LogP contribution < -0.4 is 5.46 Å². The van der Waals surface area contributed by atoms with Gasteiger partial charge in [-0.05, 0) is 11.1 Å². The van der Waals surface area contributed by atoms with Gasteiger partial charge in [0.25, 0.3) is 0 Å². The van der Waals surface area contributed by atoms with Crippen LogP contribution >= 0.6 is 31.9 Å². The van der Waals surface area contributed by atoms with Crippen molar-refractivity contribution in [3.8, 4) is 0 Å². The van der Waals surface area contributed by atoms with E-state index >= 15 is 0 Å². The van der Waals surface area contributed by atoms with Gasteiger partial charge in [0, 0.05) is 10.7 Å². The molecule has 0 unspecified atom stereocenters. The lowest BCUT2D eigenvalue weighted by atomic mass is 9.93. The molecular formula is C8H9BBr2. The third kappa shape index (κ3) is 2.64. The van der Waals surface area contributed by atoms with Crippen LogP contribution in [0.1, 0.15) is 11.1 Å². The first kappa shape index (κ1) is 9.33. The molecular weight excluding hydrogens is 267 g/mol. The first-order chi connectivity index (χ1) is 5.26. The molecule has 1 aromatic rings. The van der Waals surface area contributed by atoms with E-state index in [-0.39, 0.29) is 0 Å². The highest BCUT2D eigenvalue weighted by molar-refractivity contribution is 9.08. The standard InChI is InChI=1S/C8H9BBr2/c9-8-2-6(4-10)1-7(3-8)5-11/h1-3H,4-5,9H2. The molecule has 0 aliphatic heterocycles. The van der Waals surface area contributed by atoms with Gasteiger partial charge in [-0.1, -0.05) is 55.5 Å². The average molecular weight is 276 g/mol. The first-order valence-electron chi connectivity index (χ1n) is 3.47. The number of hydrogen-bond donors (Lipinski definition) is 0. The van der Waals surface area contributed by atoms with E-state index in [0.717, 1.165) is 10.7 Å². The molecule has 0 amide bonds. The fourth-order valence-electron chi connectivity index (χ4n) is 1.10. The van der Waals surface area contributed by atoms with E-state index < -0.39 is 0 Å². The fourth-order valence-corrected chi connectivity index (χ4v) is 1.75. The highest BCUT2D eigenvalue weighted by Crippen LogP contribution is 2.09. The van der Waals surface area contributed by atoms with E-state index in [9.17, 15) is 0 Å². The smallest absolute Gasteiger partial charge is 0.0884 e. The molecule has 1 rings (SSSR count). The Morgan fingerprint density at radius 2 is 1.45 bits per heavy atom. The van der Waals surface area contributed by atoms with E-state index in [4.69, 9.17) is 0 Å². The average Bonchev–Trinajstić information content (AvgIpc) is 2.03. The van der Waals surface area contributed by atoms with Gasteiger partial charge in [0.1, 0.15) is 7.85 Å². The monoisotopic (exact) mass is 274 g/mol. The molecule has 0 saturated carbocycles. The third-order valence-electron chi connectivity index (χ3n) is 1.51. The SMILES string of the molecule is Bc1cc(CBr)cc(CBr)c1. The van der Waals surface area contributed by atoms with E-state index in [1.165, 1.54) is 16.6 Å². The Kier molecular flexibility index (Phi) is 3.66. The Balaban J connectivity index is 3.02. The van der Waals surface area contributed by atoms with Gasteiger partial charge in [0.15, 0.2) is 0 Å². The van der Waals surface area contributed by atoms with Crippen LogP contribution in [0.5, 0.6) is 0 Å². The van der Waals surface area contributed by atoms with Crippen molar-refractivity contribution in [2.45, 2.75) is 10.7 Å². The van der Waals surface area contributed by atoms with Crippen molar-refractivity contribution < 1.29 is 0 Å². The second kappa shape index (κ2) is 4.32. The molecule has 0 saturated heterocycles. The van der Waals surface area contributed by atoms with Crippen molar-refractivity contribution in [3.05, 3.63) is 29.3 Å². The van der Waals surface area contributed by atoms with Crippen LogP contribution in [0.15, 0.2) is 18.2 Å². The van der Waals surface area contributed by atoms with E-state index in [2.05, 4.69) is 57.9 Å². The van der Waals surface area contributed by atoms with Crippen LogP contribution in [0.3, 0.4) is 0 Å². The van der Waals surface area contributed by atoms with Crippen molar-refractivity contribution in [1.82, 2.24) is 0 Å². The molecule has 0 bridgehead atoms. The van der Waals surface area contributed by atoms with Crippen LogP contribution in [0.25, 0.3) is 0 Å². The molecule has 0 N–H and O–H groups in total. The molecule has 0 heterocycles. The lowest BCUT2D eigenvalue weighted by Crippen LogP contribution is -2.04. The molecule has 58 valence electrons. The van der Waals surface area contributed by atoms with Crippen molar-refractivity contribution in [1.29, 1.82) is 0 Å². The summed E-state index contributed by atoms with van der Waals surface area (Å²) in [5.41, 5.74) is 4.02. The van der Waals surface area contributed by atoms with Gasteiger partial charge in [0.2, 0.25) is 0 Å². The highest BCUT2D eigenvalue weighted by atomic mass is 79.9. The maximum absolute atomic E-state index is 3.44. The van der Waals surface area contributed by atoms with Gasteiger partial charge in [-0.15, -0.1) is 0 Å². The van der Waals surface area contributed by atoms with Gasteiger partial charge >= 0.3 is 0 Å². The van der Waals surface area contributed by atoms with Crippen LogP contribution in [0, 0.1) is 0 Å². The highest BCUT2D eigenvalue weighted by Gasteiger charge is 1.95. The van der Waals surface area contributed by atoms with Gasteiger partial charge in [0.05, 0.1) is 0 Å². The molecule has 0 aliphatic rings. The topological polar surface area (TPSA) is 0 Å². The lowest BCUT2D eigenvalue weighted by Gasteiger charge is -2.01. The summed E-state index contributed by atoms with van der Waals surface area (Å²) < 4.78 is 0. The van der Waals surface area contributed by atoms with Gasteiger partial charge < -0.3 is 0 Å². The summed E-state index contributed by atoms with van der Waals surface area (Å²) in [5, 5.41) is 1.88. The molecule has 1 aromatic carbocycles. The number of alkyl halides is 2. The summed E-state index contributed by atoms with van der Waals surface area (Å²) in [6.45, 7) is 0. The summed E-state index contributed by atoms with van der Waals surface area (Å²) >= 11 is 6.88. The quantitative estimate of drug-likeness (QED) is 0.570. The molecule has 0 radical (unpaired) electrons. The lowest BCUT2D eigenvalue weighted by molar-refractivity contribution is 1.37. The Morgan fingerprint density at radius 1 is 1.00 bits per heavy atom. The van der Waals surface area contributed by atoms with Crippen LogP contribution in [0.4, 0.5) is 0 Å². The predicted octanol–water partition coefficient (Wildman–Crippen LogP) is 1.73. The minimum Gasteiger partial charge on any atom is -0.0884 e. The molecule has 3 heteroatoms. The van der Waals surface area contributed by atoms with Gasteiger partial charge in [-0.3, -0.25) is 0 Å². The molecule has 0 spiro atoms. The predicted molar refractivity (Wildman–Crippen MR) is 59.9 cm³/mol. The fraction of sp³-hybridized carbons (Fsp3) is 0.250. The maximum atomic E-state index is 3.44. The zero-order chi connectivity index (χ0) is 8.27. The summed E-state index contributed by atoms with van der Waals surface area (Å²) in [7, 11) is 2.12. The molecule has 0 fully saturated rings. The maximum Gasteiger partial charge on any atom is 0.139 e. The van der Waals surface area contributed by atoms with Crippen molar-refractivity contribution >= 4 is 45.2 Å². The number of halogens is 2. The van der Waals surface area contributed by atoms with Crippen LogP contribution in [-0.2, 0) is 10.7 Å².